The lowest BCUT2D eigenvalue weighted by atomic mass is 10.1. The van der Waals surface area contributed by atoms with Crippen LogP contribution in [0.25, 0.3) is 0 Å². The first-order chi connectivity index (χ1) is 13.6. The molecule has 29 heavy (non-hydrogen) atoms. The van der Waals surface area contributed by atoms with E-state index in [1.54, 1.807) is 13.0 Å². The van der Waals surface area contributed by atoms with Gasteiger partial charge < -0.3 is 10.1 Å². The number of carbonyl (C=O) groups excluding carboxylic acids is 2. The van der Waals surface area contributed by atoms with Crippen LogP contribution in [0.1, 0.15) is 38.7 Å². The summed E-state index contributed by atoms with van der Waals surface area (Å²) in [4.78, 5) is 24.9. The Kier molecular flexibility index (Phi) is 7.75. The van der Waals surface area contributed by atoms with Gasteiger partial charge in [0.05, 0.1) is 4.90 Å². The molecule has 0 radical (unpaired) electrons. The Morgan fingerprint density at radius 2 is 2.00 bits per heavy atom. The number of amides is 1. The zero-order valence-corrected chi connectivity index (χ0v) is 18.3. The number of carbonyl (C=O) groups is 2. The van der Waals surface area contributed by atoms with Crippen LogP contribution in [0, 0.1) is 6.92 Å². The predicted octanol–water partition coefficient (Wildman–Crippen LogP) is 1.15. The van der Waals surface area contributed by atoms with E-state index in [4.69, 9.17) is 4.74 Å². The van der Waals surface area contributed by atoms with Crippen LogP contribution >= 0.6 is 0 Å². The van der Waals surface area contributed by atoms with E-state index in [2.05, 4.69) is 23.1 Å². The van der Waals surface area contributed by atoms with Crippen LogP contribution in [-0.2, 0) is 24.3 Å². The lowest BCUT2D eigenvalue weighted by Gasteiger charge is -2.18. The van der Waals surface area contributed by atoms with Gasteiger partial charge in [-0.1, -0.05) is 19.4 Å². The van der Waals surface area contributed by atoms with Gasteiger partial charge in [-0.25, -0.2) is 18.1 Å². The standard InChI is InChI=1S/C19H30N4O5S/c1-6-7-14-10-17(22-21-14)19(25)28-13(3)18(24)20-16-11-15(9-8-12(16)2)29(26,27)23(4)5/h8-9,11,13-14,17,21-22H,6-7,10H2,1-5H3,(H,20,24). The van der Waals surface area contributed by atoms with Crippen molar-refractivity contribution < 1.29 is 22.7 Å². The second-order valence-corrected chi connectivity index (χ2v) is 9.55. The van der Waals surface area contributed by atoms with Crippen LogP contribution in [0.15, 0.2) is 23.1 Å². The summed E-state index contributed by atoms with van der Waals surface area (Å²) in [5.41, 5.74) is 7.00. The molecule has 1 aromatic rings. The first kappa shape index (κ1) is 23.3. The van der Waals surface area contributed by atoms with Crippen LogP contribution < -0.4 is 16.2 Å². The Balaban J connectivity index is 2.02. The zero-order valence-electron chi connectivity index (χ0n) is 17.5. The number of nitrogens with one attached hydrogen (secondary N) is 3. The molecule has 1 saturated heterocycles. The summed E-state index contributed by atoms with van der Waals surface area (Å²) >= 11 is 0. The van der Waals surface area contributed by atoms with Crippen molar-refractivity contribution in [2.24, 2.45) is 0 Å². The second-order valence-electron chi connectivity index (χ2n) is 7.40. The van der Waals surface area contributed by atoms with Crippen molar-refractivity contribution in [1.29, 1.82) is 0 Å². The highest BCUT2D eigenvalue weighted by Crippen LogP contribution is 2.22. The van der Waals surface area contributed by atoms with Crippen molar-refractivity contribution in [2.75, 3.05) is 19.4 Å². The zero-order chi connectivity index (χ0) is 21.8. The second kappa shape index (κ2) is 9.66. The van der Waals surface area contributed by atoms with Crippen molar-refractivity contribution >= 4 is 27.6 Å². The number of benzene rings is 1. The normalized spacial score (nSPS) is 20.5. The summed E-state index contributed by atoms with van der Waals surface area (Å²) in [6.45, 7) is 5.30. The van der Waals surface area contributed by atoms with E-state index >= 15 is 0 Å². The minimum atomic E-state index is -3.63. The van der Waals surface area contributed by atoms with Crippen molar-refractivity contribution in [1.82, 2.24) is 15.2 Å². The van der Waals surface area contributed by atoms with Gasteiger partial charge in [-0.05, 0) is 44.4 Å². The van der Waals surface area contributed by atoms with Crippen LogP contribution in [0.2, 0.25) is 0 Å². The third-order valence-electron chi connectivity index (χ3n) is 4.81. The van der Waals surface area contributed by atoms with Gasteiger partial charge in [-0.3, -0.25) is 15.0 Å². The molecule has 1 aromatic carbocycles. The fourth-order valence-electron chi connectivity index (χ4n) is 2.97. The summed E-state index contributed by atoms with van der Waals surface area (Å²) < 4.78 is 31.0. The number of nitrogens with zero attached hydrogens (tertiary/aromatic N) is 1. The molecule has 3 N–H and O–H groups in total. The fraction of sp³-hybridized carbons (Fsp3) is 0.579. The monoisotopic (exact) mass is 426 g/mol. The Morgan fingerprint density at radius 3 is 2.62 bits per heavy atom. The smallest absolute Gasteiger partial charge is 0.325 e. The van der Waals surface area contributed by atoms with Gasteiger partial charge in [0.15, 0.2) is 6.10 Å². The molecule has 1 heterocycles. The van der Waals surface area contributed by atoms with E-state index in [0.717, 1.165) is 17.1 Å². The summed E-state index contributed by atoms with van der Waals surface area (Å²) in [6.07, 6.45) is 1.52. The quantitative estimate of drug-likeness (QED) is 0.534. The van der Waals surface area contributed by atoms with Crippen LogP contribution in [-0.4, -0.2) is 56.9 Å². The SMILES string of the molecule is CCCC1CC(C(=O)OC(C)C(=O)Nc2cc(S(=O)(=O)N(C)C)ccc2C)NN1. The number of sulfonamides is 1. The molecule has 0 saturated carbocycles. The van der Waals surface area contributed by atoms with Crippen molar-refractivity contribution in [3.8, 4) is 0 Å². The van der Waals surface area contributed by atoms with Gasteiger partial charge in [-0.2, -0.15) is 0 Å². The lowest BCUT2D eigenvalue weighted by Crippen LogP contribution is -2.41. The van der Waals surface area contributed by atoms with Gasteiger partial charge in [-0.15, -0.1) is 0 Å². The van der Waals surface area contributed by atoms with E-state index in [0.29, 0.717) is 17.7 Å². The number of esters is 1. The third-order valence-corrected chi connectivity index (χ3v) is 6.62. The van der Waals surface area contributed by atoms with E-state index in [1.165, 1.54) is 33.2 Å². The molecule has 0 aliphatic carbocycles. The Labute approximate surface area is 172 Å². The van der Waals surface area contributed by atoms with Gasteiger partial charge in [0, 0.05) is 25.8 Å². The van der Waals surface area contributed by atoms with Crippen molar-refractivity contribution in [3.63, 3.8) is 0 Å². The highest BCUT2D eigenvalue weighted by molar-refractivity contribution is 7.89. The molecule has 162 valence electrons. The average molecular weight is 427 g/mol. The maximum absolute atomic E-state index is 12.5. The Morgan fingerprint density at radius 1 is 1.31 bits per heavy atom. The summed E-state index contributed by atoms with van der Waals surface area (Å²) in [6, 6.07) is 4.19. The summed E-state index contributed by atoms with van der Waals surface area (Å²) in [5.74, 6) is -1.03. The summed E-state index contributed by atoms with van der Waals surface area (Å²) in [5, 5.41) is 2.65. The maximum Gasteiger partial charge on any atom is 0.325 e. The highest BCUT2D eigenvalue weighted by Gasteiger charge is 2.32. The third kappa shape index (κ3) is 5.75. The van der Waals surface area contributed by atoms with Crippen molar-refractivity contribution in [3.05, 3.63) is 23.8 Å². The molecular formula is C19H30N4O5S. The highest BCUT2D eigenvalue weighted by atomic mass is 32.2. The number of hydrogen-bond donors (Lipinski definition) is 3. The molecule has 10 heteroatoms. The van der Waals surface area contributed by atoms with Crippen molar-refractivity contribution in [2.45, 2.75) is 63.1 Å². The molecule has 0 bridgehead atoms. The number of rotatable bonds is 8. The predicted molar refractivity (Wildman–Crippen MR) is 110 cm³/mol. The first-order valence-electron chi connectivity index (χ1n) is 9.61. The fourth-order valence-corrected chi connectivity index (χ4v) is 3.89. The maximum atomic E-state index is 12.5. The number of aryl methyl sites for hydroxylation is 1. The molecule has 1 aliphatic heterocycles. The molecule has 0 spiro atoms. The molecule has 2 rings (SSSR count). The van der Waals surface area contributed by atoms with Crippen LogP contribution in [0.3, 0.4) is 0 Å². The van der Waals surface area contributed by atoms with Gasteiger partial charge in [0.1, 0.15) is 6.04 Å². The lowest BCUT2D eigenvalue weighted by molar-refractivity contribution is -0.155. The van der Waals surface area contributed by atoms with Crippen LogP contribution in [0.5, 0.6) is 0 Å². The molecule has 1 aliphatic rings. The van der Waals surface area contributed by atoms with Gasteiger partial charge in [0.2, 0.25) is 10.0 Å². The molecule has 9 nitrogen and oxygen atoms in total. The molecule has 1 amide bonds. The van der Waals surface area contributed by atoms with E-state index in [1.807, 2.05) is 0 Å². The largest absolute Gasteiger partial charge is 0.451 e. The topological polar surface area (TPSA) is 117 Å². The minimum Gasteiger partial charge on any atom is -0.451 e. The van der Waals surface area contributed by atoms with E-state index < -0.39 is 34.0 Å². The minimum absolute atomic E-state index is 0.0660. The molecule has 3 unspecified atom stereocenters. The average Bonchev–Trinajstić information content (AvgIpc) is 3.12. The molecule has 3 atom stereocenters. The summed E-state index contributed by atoms with van der Waals surface area (Å²) in [7, 11) is -0.758. The Hall–Kier alpha value is -2.01. The van der Waals surface area contributed by atoms with E-state index in [-0.39, 0.29) is 10.9 Å². The number of hydrazine groups is 1. The number of ether oxygens (including phenoxy) is 1. The number of hydrogen-bond acceptors (Lipinski definition) is 7. The Bertz CT molecular complexity index is 856. The van der Waals surface area contributed by atoms with Gasteiger partial charge >= 0.3 is 5.97 Å². The van der Waals surface area contributed by atoms with Gasteiger partial charge in [0.25, 0.3) is 5.91 Å². The van der Waals surface area contributed by atoms with Crippen LogP contribution in [0.4, 0.5) is 5.69 Å². The van der Waals surface area contributed by atoms with E-state index in [9.17, 15) is 18.0 Å². The number of anilines is 1. The molecular weight excluding hydrogens is 396 g/mol. The molecule has 1 fully saturated rings. The first-order valence-corrected chi connectivity index (χ1v) is 11.1. The molecule has 0 aromatic heterocycles.